The summed E-state index contributed by atoms with van der Waals surface area (Å²) in [7, 11) is 0. The number of amides is 1. The molecule has 1 saturated heterocycles. The molecule has 0 aromatic carbocycles. The van der Waals surface area contributed by atoms with Crippen molar-refractivity contribution < 1.29 is 4.79 Å². The van der Waals surface area contributed by atoms with Crippen molar-refractivity contribution in [1.82, 2.24) is 14.5 Å². The molecule has 0 bridgehead atoms. The number of aromatic nitrogens is 2. The fourth-order valence-corrected chi connectivity index (χ4v) is 5.44. The number of carbonyl (C=O) groups is 1. The van der Waals surface area contributed by atoms with Crippen molar-refractivity contribution >= 4 is 17.2 Å². The van der Waals surface area contributed by atoms with Gasteiger partial charge in [0.1, 0.15) is 5.82 Å². The highest BCUT2D eigenvalue weighted by molar-refractivity contribution is 7.14. The van der Waals surface area contributed by atoms with Gasteiger partial charge in [0.05, 0.1) is 4.88 Å². The molecule has 0 saturated carbocycles. The molecule has 2 aromatic rings. The van der Waals surface area contributed by atoms with Crippen LogP contribution in [0.4, 0.5) is 0 Å². The largest absolute Gasteiger partial charge is 0.338 e. The lowest BCUT2D eigenvalue weighted by atomic mass is 9.95. The standard InChI is InChI=1S/C20H27N3OS/c1-2-22-13-10-21-19(22)15-8-11-23(12-9-15)20(24)18-14-16-6-4-3-5-7-17(16)25-18/h10,13-15H,2-9,11-12H2,1H3. The predicted octanol–water partition coefficient (Wildman–Crippen LogP) is 4.25. The van der Waals surface area contributed by atoms with Crippen molar-refractivity contribution in [3.05, 3.63) is 39.6 Å². The number of carbonyl (C=O) groups excluding carboxylic acids is 1. The van der Waals surface area contributed by atoms with Gasteiger partial charge in [0, 0.05) is 42.8 Å². The number of imidazole rings is 1. The smallest absolute Gasteiger partial charge is 0.263 e. The average molecular weight is 358 g/mol. The SMILES string of the molecule is CCn1ccnc1C1CCN(C(=O)c2cc3c(s2)CCCCC3)CC1. The number of hydrogen-bond acceptors (Lipinski definition) is 3. The molecule has 0 N–H and O–H groups in total. The van der Waals surface area contributed by atoms with E-state index in [0.717, 1.165) is 50.2 Å². The highest BCUT2D eigenvalue weighted by Gasteiger charge is 2.28. The zero-order chi connectivity index (χ0) is 17.2. The predicted molar refractivity (Wildman–Crippen MR) is 101 cm³/mol. The number of aryl methyl sites for hydroxylation is 3. The van der Waals surface area contributed by atoms with Gasteiger partial charge in [-0.2, -0.15) is 0 Å². The van der Waals surface area contributed by atoms with Crippen LogP contribution >= 0.6 is 11.3 Å². The van der Waals surface area contributed by atoms with E-state index in [-0.39, 0.29) is 5.91 Å². The summed E-state index contributed by atoms with van der Waals surface area (Å²) in [4.78, 5) is 22.0. The summed E-state index contributed by atoms with van der Waals surface area (Å²) in [6.45, 7) is 4.82. The number of likely N-dealkylation sites (tertiary alicyclic amines) is 1. The molecule has 5 heteroatoms. The first kappa shape index (κ1) is 16.8. The van der Waals surface area contributed by atoms with Gasteiger partial charge in [0.2, 0.25) is 0 Å². The second kappa shape index (κ2) is 7.32. The second-order valence-corrected chi connectivity index (χ2v) is 8.39. The lowest BCUT2D eigenvalue weighted by molar-refractivity contribution is 0.0715. The van der Waals surface area contributed by atoms with Gasteiger partial charge in [0.25, 0.3) is 5.91 Å². The minimum atomic E-state index is 0.246. The molecule has 0 unspecified atom stereocenters. The Labute approximate surface area is 153 Å². The van der Waals surface area contributed by atoms with Crippen LogP contribution in [0.3, 0.4) is 0 Å². The van der Waals surface area contributed by atoms with E-state index in [0.29, 0.717) is 5.92 Å². The molecule has 1 fully saturated rings. The molecule has 4 nitrogen and oxygen atoms in total. The van der Waals surface area contributed by atoms with Gasteiger partial charge in [-0.05, 0) is 57.1 Å². The summed E-state index contributed by atoms with van der Waals surface area (Å²) >= 11 is 1.75. The molecule has 0 atom stereocenters. The minimum Gasteiger partial charge on any atom is -0.338 e. The van der Waals surface area contributed by atoms with E-state index in [1.165, 1.54) is 35.5 Å². The van der Waals surface area contributed by atoms with Gasteiger partial charge in [-0.1, -0.05) is 6.42 Å². The maximum Gasteiger partial charge on any atom is 0.263 e. The zero-order valence-electron chi connectivity index (χ0n) is 15.0. The molecule has 1 aliphatic carbocycles. The van der Waals surface area contributed by atoms with E-state index in [2.05, 4.69) is 33.6 Å². The average Bonchev–Trinajstić information content (AvgIpc) is 3.23. The van der Waals surface area contributed by atoms with E-state index in [1.54, 1.807) is 11.3 Å². The molecule has 2 aliphatic rings. The monoisotopic (exact) mass is 357 g/mol. The Bertz CT molecular complexity index is 716. The third-order valence-electron chi connectivity index (χ3n) is 5.69. The molecule has 1 amide bonds. The van der Waals surface area contributed by atoms with E-state index >= 15 is 0 Å². The lowest BCUT2D eigenvalue weighted by Crippen LogP contribution is -2.38. The number of fused-ring (bicyclic) bond motifs is 1. The van der Waals surface area contributed by atoms with Gasteiger partial charge >= 0.3 is 0 Å². The first-order valence-electron chi connectivity index (χ1n) is 9.68. The summed E-state index contributed by atoms with van der Waals surface area (Å²) in [6.07, 6.45) is 12.2. The summed E-state index contributed by atoms with van der Waals surface area (Å²) in [5.41, 5.74) is 1.44. The molecule has 3 heterocycles. The number of thiophene rings is 1. The molecular weight excluding hydrogens is 330 g/mol. The minimum absolute atomic E-state index is 0.246. The van der Waals surface area contributed by atoms with Crippen LogP contribution in [0, 0.1) is 0 Å². The van der Waals surface area contributed by atoms with E-state index < -0.39 is 0 Å². The first-order valence-corrected chi connectivity index (χ1v) is 10.5. The number of hydrogen-bond donors (Lipinski definition) is 0. The van der Waals surface area contributed by atoms with Crippen LogP contribution in [0.5, 0.6) is 0 Å². The molecular formula is C20H27N3OS. The van der Waals surface area contributed by atoms with Crippen LogP contribution in [0.1, 0.15) is 70.9 Å². The van der Waals surface area contributed by atoms with Gasteiger partial charge in [-0.25, -0.2) is 4.98 Å². The highest BCUT2D eigenvalue weighted by Crippen LogP contribution is 2.32. The molecule has 25 heavy (non-hydrogen) atoms. The summed E-state index contributed by atoms with van der Waals surface area (Å²) in [5, 5.41) is 0. The normalized spacial score (nSPS) is 18.8. The topological polar surface area (TPSA) is 38.1 Å². The van der Waals surface area contributed by atoms with Crippen LogP contribution in [0.2, 0.25) is 0 Å². The maximum atomic E-state index is 12.9. The lowest BCUT2D eigenvalue weighted by Gasteiger charge is -2.31. The number of rotatable bonds is 3. The van der Waals surface area contributed by atoms with Crippen LogP contribution in [-0.4, -0.2) is 33.4 Å². The number of piperidine rings is 1. The quantitative estimate of drug-likeness (QED) is 0.770. The second-order valence-electron chi connectivity index (χ2n) is 7.26. The molecule has 0 spiro atoms. The van der Waals surface area contributed by atoms with Gasteiger partial charge < -0.3 is 9.47 Å². The molecule has 134 valence electrons. The van der Waals surface area contributed by atoms with E-state index in [9.17, 15) is 4.79 Å². The molecule has 1 aliphatic heterocycles. The Balaban J connectivity index is 1.41. The first-order chi connectivity index (χ1) is 12.3. The molecule has 4 rings (SSSR count). The van der Waals surface area contributed by atoms with Crippen molar-refractivity contribution in [1.29, 1.82) is 0 Å². The van der Waals surface area contributed by atoms with Crippen molar-refractivity contribution in [3.8, 4) is 0 Å². The Kier molecular flexibility index (Phi) is 4.93. The van der Waals surface area contributed by atoms with Crippen molar-refractivity contribution in [2.45, 2.75) is 64.3 Å². The summed E-state index contributed by atoms with van der Waals surface area (Å²) < 4.78 is 2.23. The van der Waals surface area contributed by atoms with Crippen LogP contribution in [-0.2, 0) is 19.4 Å². The summed E-state index contributed by atoms with van der Waals surface area (Å²) in [5.74, 6) is 1.92. The van der Waals surface area contributed by atoms with Crippen molar-refractivity contribution in [2.24, 2.45) is 0 Å². The highest BCUT2D eigenvalue weighted by atomic mass is 32.1. The fraction of sp³-hybridized carbons (Fsp3) is 0.600. The Morgan fingerprint density at radius 1 is 1.24 bits per heavy atom. The summed E-state index contributed by atoms with van der Waals surface area (Å²) in [6, 6.07) is 2.18. The third kappa shape index (κ3) is 3.39. The zero-order valence-corrected chi connectivity index (χ0v) is 15.9. The van der Waals surface area contributed by atoms with Crippen molar-refractivity contribution in [2.75, 3.05) is 13.1 Å². The van der Waals surface area contributed by atoms with Gasteiger partial charge in [-0.15, -0.1) is 11.3 Å². The van der Waals surface area contributed by atoms with Crippen molar-refractivity contribution in [3.63, 3.8) is 0 Å². The van der Waals surface area contributed by atoms with E-state index in [4.69, 9.17) is 0 Å². The Hall–Kier alpha value is -1.62. The number of nitrogens with zero attached hydrogens (tertiary/aromatic N) is 3. The Morgan fingerprint density at radius 3 is 2.84 bits per heavy atom. The fourth-order valence-electron chi connectivity index (χ4n) is 4.22. The van der Waals surface area contributed by atoms with Gasteiger partial charge in [-0.3, -0.25) is 4.79 Å². The van der Waals surface area contributed by atoms with E-state index in [1.807, 2.05) is 6.20 Å². The van der Waals surface area contributed by atoms with Crippen LogP contribution in [0.15, 0.2) is 18.5 Å². The molecule has 2 aromatic heterocycles. The van der Waals surface area contributed by atoms with Gasteiger partial charge in [0.15, 0.2) is 0 Å². The molecule has 0 radical (unpaired) electrons. The third-order valence-corrected chi connectivity index (χ3v) is 6.92. The Morgan fingerprint density at radius 2 is 2.04 bits per heavy atom. The maximum absolute atomic E-state index is 12.9. The van der Waals surface area contributed by atoms with Crippen LogP contribution in [0.25, 0.3) is 0 Å². The van der Waals surface area contributed by atoms with Crippen LogP contribution < -0.4 is 0 Å².